The summed E-state index contributed by atoms with van der Waals surface area (Å²) in [6, 6.07) is 0. The number of hydrogen-bond acceptors (Lipinski definition) is 3. The summed E-state index contributed by atoms with van der Waals surface area (Å²) in [7, 11) is -4.00. The molecule has 0 aromatic heterocycles. The average Bonchev–Trinajstić information content (AvgIpc) is 2.16. The van der Waals surface area contributed by atoms with Gasteiger partial charge in [-0.25, -0.2) is 0 Å². The van der Waals surface area contributed by atoms with Crippen LogP contribution in [0.4, 0.5) is 0 Å². The van der Waals surface area contributed by atoms with Gasteiger partial charge < -0.3 is 5.11 Å². The van der Waals surface area contributed by atoms with Crippen molar-refractivity contribution < 1.29 is 18.1 Å². The van der Waals surface area contributed by atoms with Crippen LogP contribution in [0.15, 0.2) is 0 Å². The van der Waals surface area contributed by atoms with Gasteiger partial charge in [-0.3, -0.25) is 4.55 Å². The van der Waals surface area contributed by atoms with Crippen LogP contribution < -0.4 is 0 Å². The standard InChI is InChI=1S/C11H24O4S/c1-3-4-5-6-7-8-11(12)9-10(2)16(13,14)15/h10-12H,3-9H2,1-2H3,(H,13,14,15). The van der Waals surface area contributed by atoms with Gasteiger partial charge in [-0.05, 0) is 19.8 Å². The molecule has 98 valence electrons. The molecule has 0 radical (unpaired) electrons. The minimum atomic E-state index is -4.00. The lowest BCUT2D eigenvalue weighted by molar-refractivity contribution is 0.149. The van der Waals surface area contributed by atoms with E-state index < -0.39 is 21.5 Å². The summed E-state index contributed by atoms with van der Waals surface area (Å²) >= 11 is 0. The summed E-state index contributed by atoms with van der Waals surface area (Å²) in [5.74, 6) is 0. The molecule has 2 N–H and O–H groups in total. The second kappa shape index (κ2) is 8.03. The van der Waals surface area contributed by atoms with Crippen LogP contribution in [0.2, 0.25) is 0 Å². The number of unbranched alkanes of at least 4 members (excludes halogenated alkanes) is 4. The van der Waals surface area contributed by atoms with Gasteiger partial charge in [0.25, 0.3) is 10.1 Å². The highest BCUT2D eigenvalue weighted by Crippen LogP contribution is 2.13. The Bertz CT molecular complexity index is 261. The lowest BCUT2D eigenvalue weighted by Crippen LogP contribution is -2.23. The Balaban J connectivity index is 3.63. The molecule has 0 saturated carbocycles. The molecule has 0 bridgehead atoms. The van der Waals surface area contributed by atoms with Gasteiger partial charge in [-0.15, -0.1) is 0 Å². The summed E-state index contributed by atoms with van der Waals surface area (Å²) in [5.41, 5.74) is 0. The van der Waals surface area contributed by atoms with E-state index in [2.05, 4.69) is 6.92 Å². The van der Waals surface area contributed by atoms with E-state index in [0.29, 0.717) is 6.42 Å². The highest BCUT2D eigenvalue weighted by atomic mass is 32.2. The lowest BCUT2D eigenvalue weighted by Gasteiger charge is -2.13. The van der Waals surface area contributed by atoms with Crippen LogP contribution in [-0.2, 0) is 10.1 Å². The predicted octanol–water partition coefficient (Wildman–Crippen LogP) is 2.37. The molecule has 2 unspecified atom stereocenters. The van der Waals surface area contributed by atoms with Crippen molar-refractivity contribution >= 4 is 10.1 Å². The van der Waals surface area contributed by atoms with Crippen molar-refractivity contribution in [1.82, 2.24) is 0 Å². The predicted molar refractivity (Wildman–Crippen MR) is 65.0 cm³/mol. The number of rotatable bonds is 9. The maximum atomic E-state index is 10.7. The minimum Gasteiger partial charge on any atom is -0.393 e. The largest absolute Gasteiger partial charge is 0.393 e. The number of hydrogen-bond donors (Lipinski definition) is 2. The molecule has 0 aromatic carbocycles. The van der Waals surface area contributed by atoms with E-state index in [1.54, 1.807) is 0 Å². The van der Waals surface area contributed by atoms with E-state index in [4.69, 9.17) is 4.55 Å². The van der Waals surface area contributed by atoms with Crippen LogP contribution in [0.5, 0.6) is 0 Å². The van der Waals surface area contributed by atoms with Crippen molar-refractivity contribution in [1.29, 1.82) is 0 Å². The molecule has 5 heteroatoms. The smallest absolute Gasteiger partial charge is 0.267 e. The quantitative estimate of drug-likeness (QED) is 0.488. The zero-order chi connectivity index (χ0) is 12.6. The summed E-state index contributed by atoms with van der Waals surface area (Å²) < 4.78 is 30.2. The third-order valence-corrected chi connectivity index (χ3v) is 3.96. The second-order valence-electron chi connectivity index (χ2n) is 4.42. The minimum absolute atomic E-state index is 0.118. The molecular formula is C11H24O4S. The van der Waals surface area contributed by atoms with Crippen LogP contribution in [0.3, 0.4) is 0 Å². The maximum Gasteiger partial charge on any atom is 0.267 e. The van der Waals surface area contributed by atoms with Crippen molar-refractivity contribution in [3.8, 4) is 0 Å². The molecular weight excluding hydrogens is 228 g/mol. The molecule has 0 aliphatic rings. The highest BCUT2D eigenvalue weighted by Gasteiger charge is 2.20. The van der Waals surface area contributed by atoms with Gasteiger partial charge in [0, 0.05) is 0 Å². The lowest BCUT2D eigenvalue weighted by atomic mass is 10.1. The number of aliphatic hydroxyl groups excluding tert-OH is 1. The van der Waals surface area contributed by atoms with E-state index in [0.717, 1.165) is 19.3 Å². The Morgan fingerprint density at radius 2 is 1.69 bits per heavy atom. The van der Waals surface area contributed by atoms with Crippen LogP contribution in [0.1, 0.15) is 58.8 Å². The van der Waals surface area contributed by atoms with Gasteiger partial charge in [-0.2, -0.15) is 8.42 Å². The van der Waals surface area contributed by atoms with Crippen LogP contribution in [-0.4, -0.2) is 29.4 Å². The molecule has 0 fully saturated rings. The zero-order valence-electron chi connectivity index (χ0n) is 10.2. The SMILES string of the molecule is CCCCCCCC(O)CC(C)S(=O)(=O)O. The molecule has 0 aliphatic heterocycles. The first kappa shape index (κ1) is 15.9. The molecule has 0 saturated heterocycles. The highest BCUT2D eigenvalue weighted by molar-refractivity contribution is 7.86. The Morgan fingerprint density at radius 3 is 2.19 bits per heavy atom. The molecule has 0 heterocycles. The van der Waals surface area contributed by atoms with E-state index in [9.17, 15) is 13.5 Å². The summed E-state index contributed by atoms with van der Waals surface area (Å²) in [6.07, 6.45) is 5.65. The van der Waals surface area contributed by atoms with Crippen LogP contribution in [0, 0.1) is 0 Å². The Kier molecular flexibility index (Phi) is 7.97. The van der Waals surface area contributed by atoms with Crippen LogP contribution in [0.25, 0.3) is 0 Å². The third kappa shape index (κ3) is 8.07. The summed E-state index contributed by atoms with van der Waals surface area (Å²) in [6.45, 7) is 3.55. The summed E-state index contributed by atoms with van der Waals surface area (Å²) in [4.78, 5) is 0. The molecule has 0 aliphatic carbocycles. The fourth-order valence-corrected chi connectivity index (χ4v) is 2.07. The van der Waals surface area contributed by atoms with Gasteiger partial charge in [0.05, 0.1) is 11.4 Å². The molecule has 4 nitrogen and oxygen atoms in total. The fourth-order valence-electron chi connectivity index (χ4n) is 1.61. The summed E-state index contributed by atoms with van der Waals surface area (Å²) in [5, 5.41) is 8.69. The van der Waals surface area contributed by atoms with E-state index in [-0.39, 0.29) is 6.42 Å². The van der Waals surface area contributed by atoms with Gasteiger partial charge in [0.2, 0.25) is 0 Å². The molecule has 0 amide bonds. The van der Waals surface area contributed by atoms with Gasteiger partial charge in [-0.1, -0.05) is 39.0 Å². The van der Waals surface area contributed by atoms with Crippen molar-refractivity contribution in [3.63, 3.8) is 0 Å². The first-order chi connectivity index (χ1) is 7.38. The van der Waals surface area contributed by atoms with Crippen LogP contribution >= 0.6 is 0 Å². The normalized spacial score (nSPS) is 16.0. The third-order valence-electron chi connectivity index (χ3n) is 2.75. The fraction of sp³-hybridized carbons (Fsp3) is 1.00. The first-order valence-corrected chi connectivity index (χ1v) is 7.52. The van der Waals surface area contributed by atoms with Crippen molar-refractivity contribution in [2.45, 2.75) is 70.1 Å². The first-order valence-electron chi connectivity index (χ1n) is 6.02. The van der Waals surface area contributed by atoms with E-state index >= 15 is 0 Å². The Hall–Kier alpha value is -0.130. The average molecular weight is 252 g/mol. The zero-order valence-corrected chi connectivity index (χ0v) is 11.0. The number of aliphatic hydroxyl groups is 1. The monoisotopic (exact) mass is 252 g/mol. The molecule has 16 heavy (non-hydrogen) atoms. The van der Waals surface area contributed by atoms with E-state index in [1.165, 1.54) is 19.8 Å². The van der Waals surface area contributed by atoms with Gasteiger partial charge in [0.1, 0.15) is 0 Å². The van der Waals surface area contributed by atoms with Gasteiger partial charge in [0.15, 0.2) is 0 Å². The van der Waals surface area contributed by atoms with Gasteiger partial charge >= 0.3 is 0 Å². The Labute approximate surface area is 98.8 Å². The molecule has 0 aromatic rings. The van der Waals surface area contributed by atoms with Crippen molar-refractivity contribution in [3.05, 3.63) is 0 Å². The van der Waals surface area contributed by atoms with Crippen molar-refractivity contribution in [2.24, 2.45) is 0 Å². The topological polar surface area (TPSA) is 74.6 Å². The Morgan fingerprint density at radius 1 is 1.12 bits per heavy atom. The maximum absolute atomic E-state index is 10.7. The van der Waals surface area contributed by atoms with Crippen molar-refractivity contribution in [2.75, 3.05) is 0 Å². The molecule has 2 atom stereocenters. The molecule has 0 rings (SSSR count). The van der Waals surface area contributed by atoms with E-state index in [1.807, 2.05) is 0 Å². The second-order valence-corrected chi connectivity index (χ2v) is 6.25. The molecule has 0 spiro atoms.